The third-order valence-electron chi connectivity index (χ3n) is 2.30. The van der Waals surface area contributed by atoms with Crippen LogP contribution in [0.1, 0.15) is 0 Å². The molecule has 1 heterocycles. The van der Waals surface area contributed by atoms with Crippen LogP contribution in [0.3, 0.4) is 0 Å². The van der Waals surface area contributed by atoms with Gasteiger partial charge in [0.15, 0.2) is 11.6 Å². The second-order valence-electron chi connectivity index (χ2n) is 3.35. The highest BCUT2D eigenvalue weighted by Gasteiger charge is 2.15. The number of rotatable bonds is 1. The summed E-state index contributed by atoms with van der Waals surface area (Å²) in [6, 6.07) is 2.47. The highest BCUT2D eigenvalue weighted by molar-refractivity contribution is 6.31. The number of nitrogens with two attached hydrogens (primary N) is 1. The van der Waals surface area contributed by atoms with Crippen LogP contribution >= 0.6 is 11.6 Å². The molecule has 0 bridgehead atoms. The Balaban J connectivity index is 2.69. The summed E-state index contributed by atoms with van der Waals surface area (Å²) < 4.78 is 14.7. The van der Waals surface area contributed by atoms with Gasteiger partial charge in [0, 0.05) is 23.2 Å². The van der Waals surface area contributed by atoms with Gasteiger partial charge < -0.3 is 10.8 Å². The molecule has 0 aliphatic heterocycles. The molecule has 0 spiro atoms. The van der Waals surface area contributed by atoms with Crippen LogP contribution in [0.25, 0.3) is 11.1 Å². The number of hydrogen-bond donors (Lipinski definition) is 2. The standard InChI is InChI=1S/C10H9ClFN3O/c1-15-10(13)7(4-14-15)6-2-5(11)3-8(12)9(6)16/h2-4,16H,13H2,1H3. The largest absolute Gasteiger partial charge is 0.504 e. The zero-order valence-corrected chi connectivity index (χ0v) is 9.16. The number of nitrogens with zero attached hydrogens (tertiary/aromatic N) is 2. The van der Waals surface area contributed by atoms with Gasteiger partial charge in [-0.05, 0) is 12.1 Å². The van der Waals surface area contributed by atoms with Crippen LogP contribution < -0.4 is 5.73 Å². The molecule has 0 atom stereocenters. The van der Waals surface area contributed by atoms with Gasteiger partial charge >= 0.3 is 0 Å². The minimum atomic E-state index is -0.786. The molecule has 0 unspecified atom stereocenters. The predicted molar refractivity (Wildman–Crippen MR) is 59.7 cm³/mol. The minimum absolute atomic E-state index is 0.188. The molecule has 3 N–H and O–H groups in total. The molecule has 0 amide bonds. The number of phenolic OH excluding ortho intramolecular Hbond substituents is 1. The van der Waals surface area contributed by atoms with E-state index in [0.717, 1.165) is 6.07 Å². The van der Waals surface area contributed by atoms with Crippen molar-refractivity contribution in [3.63, 3.8) is 0 Å². The first-order valence-electron chi connectivity index (χ1n) is 4.46. The van der Waals surface area contributed by atoms with Crippen LogP contribution in [-0.4, -0.2) is 14.9 Å². The van der Waals surface area contributed by atoms with Crippen molar-refractivity contribution >= 4 is 17.4 Å². The second-order valence-corrected chi connectivity index (χ2v) is 3.79. The van der Waals surface area contributed by atoms with Gasteiger partial charge in [-0.2, -0.15) is 5.10 Å². The highest BCUT2D eigenvalue weighted by atomic mass is 35.5. The van der Waals surface area contributed by atoms with Gasteiger partial charge in [-0.25, -0.2) is 4.39 Å². The van der Waals surface area contributed by atoms with Crippen molar-refractivity contribution in [2.45, 2.75) is 0 Å². The van der Waals surface area contributed by atoms with Crippen molar-refractivity contribution < 1.29 is 9.50 Å². The number of aromatic nitrogens is 2. The topological polar surface area (TPSA) is 64.1 Å². The Hall–Kier alpha value is -1.75. The summed E-state index contributed by atoms with van der Waals surface area (Å²) in [6.45, 7) is 0. The summed E-state index contributed by atoms with van der Waals surface area (Å²) in [5, 5.41) is 13.7. The van der Waals surface area contributed by atoms with Gasteiger partial charge in [-0.1, -0.05) is 11.6 Å². The van der Waals surface area contributed by atoms with Gasteiger partial charge in [0.05, 0.1) is 6.20 Å². The Morgan fingerprint density at radius 2 is 2.12 bits per heavy atom. The Labute approximate surface area is 96.1 Å². The van der Waals surface area contributed by atoms with Crippen LogP contribution in [-0.2, 0) is 7.05 Å². The smallest absolute Gasteiger partial charge is 0.166 e. The molecule has 4 nitrogen and oxygen atoms in total. The summed E-state index contributed by atoms with van der Waals surface area (Å²) >= 11 is 5.71. The third kappa shape index (κ3) is 1.59. The maximum Gasteiger partial charge on any atom is 0.166 e. The number of benzene rings is 1. The fourth-order valence-corrected chi connectivity index (χ4v) is 1.63. The molecule has 1 aromatic carbocycles. The van der Waals surface area contributed by atoms with E-state index in [1.807, 2.05) is 0 Å². The number of aryl methyl sites for hydroxylation is 1. The van der Waals surface area contributed by atoms with E-state index in [2.05, 4.69) is 5.10 Å². The van der Waals surface area contributed by atoms with E-state index < -0.39 is 11.6 Å². The zero-order chi connectivity index (χ0) is 11.9. The predicted octanol–water partition coefficient (Wildman–Crippen LogP) is 2.17. The van der Waals surface area contributed by atoms with Gasteiger partial charge in [-0.3, -0.25) is 4.68 Å². The molecule has 0 radical (unpaired) electrons. The fourth-order valence-electron chi connectivity index (χ4n) is 1.43. The maximum atomic E-state index is 13.3. The van der Waals surface area contributed by atoms with Crippen LogP contribution in [0.2, 0.25) is 5.02 Å². The molecular formula is C10H9ClFN3O. The average Bonchev–Trinajstić information content (AvgIpc) is 2.54. The molecular weight excluding hydrogens is 233 g/mol. The van der Waals surface area contributed by atoms with E-state index >= 15 is 0 Å². The van der Waals surface area contributed by atoms with Gasteiger partial charge in [0.1, 0.15) is 5.82 Å². The van der Waals surface area contributed by atoms with Gasteiger partial charge in [0.2, 0.25) is 0 Å². The van der Waals surface area contributed by atoms with Crippen LogP contribution in [0.4, 0.5) is 10.2 Å². The van der Waals surface area contributed by atoms with Gasteiger partial charge in [0.25, 0.3) is 0 Å². The number of anilines is 1. The molecule has 2 aromatic rings. The quantitative estimate of drug-likeness (QED) is 0.804. The van der Waals surface area contributed by atoms with Crippen molar-refractivity contribution in [2.24, 2.45) is 7.05 Å². The lowest BCUT2D eigenvalue weighted by Crippen LogP contribution is -1.98. The molecule has 0 saturated carbocycles. The maximum absolute atomic E-state index is 13.3. The zero-order valence-electron chi connectivity index (χ0n) is 8.41. The van der Waals surface area contributed by atoms with Crippen molar-refractivity contribution in [3.05, 3.63) is 29.2 Å². The van der Waals surface area contributed by atoms with Crippen LogP contribution in [0.15, 0.2) is 18.3 Å². The Kier molecular flexibility index (Phi) is 2.47. The van der Waals surface area contributed by atoms with E-state index in [0.29, 0.717) is 11.4 Å². The van der Waals surface area contributed by atoms with E-state index in [9.17, 15) is 9.50 Å². The Morgan fingerprint density at radius 1 is 1.44 bits per heavy atom. The van der Waals surface area contributed by atoms with E-state index in [-0.39, 0.29) is 10.6 Å². The molecule has 1 aromatic heterocycles. The first-order chi connectivity index (χ1) is 7.50. The lowest BCUT2D eigenvalue weighted by Gasteiger charge is -2.05. The average molecular weight is 242 g/mol. The summed E-state index contributed by atoms with van der Waals surface area (Å²) in [6.07, 6.45) is 1.44. The van der Waals surface area contributed by atoms with E-state index in [1.54, 1.807) is 7.05 Å². The monoisotopic (exact) mass is 241 g/mol. The minimum Gasteiger partial charge on any atom is -0.504 e. The van der Waals surface area contributed by atoms with Crippen molar-refractivity contribution in [2.75, 3.05) is 5.73 Å². The number of nitrogen functional groups attached to an aromatic ring is 1. The lowest BCUT2D eigenvalue weighted by atomic mass is 10.1. The summed E-state index contributed by atoms with van der Waals surface area (Å²) in [4.78, 5) is 0. The molecule has 16 heavy (non-hydrogen) atoms. The van der Waals surface area contributed by atoms with E-state index in [4.69, 9.17) is 17.3 Å². The van der Waals surface area contributed by atoms with Gasteiger partial charge in [-0.15, -0.1) is 0 Å². The second kappa shape index (κ2) is 3.68. The Morgan fingerprint density at radius 3 is 2.69 bits per heavy atom. The van der Waals surface area contributed by atoms with Crippen molar-refractivity contribution in [1.29, 1.82) is 0 Å². The fraction of sp³-hybridized carbons (Fsp3) is 0.100. The van der Waals surface area contributed by atoms with Crippen LogP contribution in [0, 0.1) is 5.82 Å². The summed E-state index contributed by atoms with van der Waals surface area (Å²) in [5.74, 6) is -0.938. The summed E-state index contributed by atoms with van der Waals surface area (Å²) in [5.41, 5.74) is 6.41. The molecule has 6 heteroatoms. The SMILES string of the molecule is Cn1ncc(-c2cc(Cl)cc(F)c2O)c1N. The number of hydrogen-bond acceptors (Lipinski definition) is 3. The number of phenols is 1. The highest BCUT2D eigenvalue weighted by Crippen LogP contribution is 2.36. The molecule has 2 rings (SSSR count). The number of halogens is 2. The first kappa shape index (κ1) is 10.8. The normalized spacial score (nSPS) is 10.7. The molecule has 84 valence electrons. The van der Waals surface area contributed by atoms with E-state index in [1.165, 1.54) is 16.9 Å². The Bertz CT molecular complexity index is 553. The molecule has 0 aliphatic carbocycles. The lowest BCUT2D eigenvalue weighted by molar-refractivity contribution is 0.434. The molecule has 0 saturated heterocycles. The van der Waals surface area contributed by atoms with Crippen LogP contribution in [0.5, 0.6) is 5.75 Å². The summed E-state index contributed by atoms with van der Waals surface area (Å²) in [7, 11) is 1.65. The first-order valence-corrected chi connectivity index (χ1v) is 4.84. The third-order valence-corrected chi connectivity index (χ3v) is 2.52. The van der Waals surface area contributed by atoms with Crippen molar-refractivity contribution in [1.82, 2.24) is 9.78 Å². The van der Waals surface area contributed by atoms with Crippen molar-refractivity contribution in [3.8, 4) is 16.9 Å². The molecule has 0 fully saturated rings. The number of aromatic hydroxyl groups is 1. The molecule has 0 aliphatic rings.